The third kappa shape index (κ3) is 2.80. The Bertz CT molecular complexity index is 273. The molecular formula is C13H24N2O2. The van der Waals surface area contributed by atoms with E-state index < -0.39 is 0 Å². The summed E-state index contributed by atoms with van der Waals surface area (Å²) < 4.78 is 5.27. The van der Waals surface area contributed by atoms with Crippen molar-refractivity contribution < 1.29 is 9.53 Å². The van der Waals surface area contributed by atoms with Crippen molar-refractivity contribution in [2.45, 2.75) is 32.7 Å². The monoisotopic (exact) mass is 240 g/mol. The van der Waals surface area contributed by atoms with Crippen molar-refractivity contribution in [1.82, 2.24) is 4.90 Å². The van der Waals surface area contributed by atoms with Gasteiger partial charge in [0.2, 0.25) is 5.91 Å². The molecule has 4 nitrogen and oxygen atoms in total. The van der Waals surface area contributed by atoms with Gasteiger partial charge in [0.05, 0.1) is 19.1 Å². The van der Waals surface area contributed by atoms with Gasteiger partial charge < -0.3 is 15.4 Å². The molecule has 2 N–H and O–H groups in total. The second-order valence-electron chi connectivity index (χ2n) is 5.71. The van der Waals surface area contributed by atoms with Crippen LogP contribution in [0, 0.1) is 17.8 Å². The third-order valence-corrected chi connectivity index (χ3v) is 4.24. The number of amides is 1. The van der Waals surface area contributed by atoms with Crippen LogP contribution in [-0.4, -0.2) is 43.2 Å². The Hall–Kier alpha value is -0.610. The van der Waals surface area contributed by atoms with Gasteiger partial charge in [-0.05, 0) is 24.7 Å². The van der Waals surface area contributed by atoms with E-state index >= 15 is 0 Å². The van der Waals surface area contributed by atoms with Gasteiger partial charge in [-0.3, -0.25) is 4.79 Å². The lowest BCUT2D eigenvalue weighted by Gasteiger charge is -2.35. The SMILES string of the molecule is CC(C)C1CCN(C(=O)C2COCC2N)CC1. The zero-order chi connectivity index (χ0) is 12.4. The highest BCUT2D eigenvalue weighted by atomic mass is 16.5. The van der Waals surface area contributed by atoms with E-state index in [9.17, 15) is 4.79 Å². The van der Waals surface area contributed by atoms with E-state index in [2.05, 4.69) is 13.8 Å². The molecule has 2 rings (SSSR count). The molecule has 0 aromatic rings. The minimum absolute atomic E-state index is 0.106. The first-order valence-electron chi connectivity index (χ1n) is 6.71. The molecule has 2 fully saturated rings. The minimum atomic E-state index is -0.106. The summed E-state index contributed by atoms with van der Waals surface area (Å²) in [6.45, 7) is 7.35. The second kappa shape index (κ2) is 5.36. The molecule has 0 aromatic heterocycles. The molecule has 2 unspecified atom stereocenters. The summed E-state index contributed by atoms with van der Waals surface area (Å²) >= 11 is 0. The lowest BCUT2D eigenvalue weighted by molar-refractivity contribution is -0.137. The molecule has 2 heterocycles. The molecule has 2 saturated heterocycles. The molecule has 2 atom stereocenters. The first kappa shape index (κ1) is 12.8. The van der Waals surface area contributed by atoms with Gasteiger partial charge in [-0.25, -0.2) is 0 Å². The Morgan fingerprint density at radius 2 is 1.94 bits per heavy atom. The number of carbonyl (C=O) groups excluding carboxylic acids is 1. The Labute approximate surface area is 103 Å². The van der Waals surface area contributed by atoms with E-state index in [1.807, 2.05) is 4.90 Å². The first-order chi connectivity index (χ1) is 8.09. The van der Waals surface area contributed by atoms with Crippen molar-refractivity contribution in [3.05, 3.63) is 0 Å². The maximum Gasteiger partial charge on any atom is 0.229 e. The Kier molecular flexibility index (Phi) is 4.05. The molecule has 4 heteroatoms. The van der Waals surface area contributed by atoms with Crippen molar-refractivity contribution in [2.24, 2.45) is 23.5 Å². The van der Waals surface area contributed by atoms with E-state index in [1.54, 1.807) is 0 Å². The molecule has 0 radical (unpaired) electrons. The third-order valence-electron chi connectivity index (χ3n) is 4.24. The van der Waals surface area contributed by atoms with Crippen LogP contribution in [0.1, 0.15) is 26.7 Å². The van der Waals surface area contributed by atoms with E-state index in [0.29, 0.717) is 13.2 Å². The van der Waals surface area contributed by atoms with E-state index in [4.69, 9.17) is 10.5 Å². The van der Waals surface area contributed by atoms with Gasteiger partial charge in [-0.15, -0.1) is 0 Å². The molecule has 0 aromatic carbocycles. The molecule has 1 amide bonds. The van der Waals surface area contributed by atoms with Crippen LogP contribution in [-0.2, 0) is 9.53 Å². The number of nitrogens with zero attached hydrogens (tertiary/aromatic N) is 1. The fourth-order valence-electron chi connectivity index (χ4n) is 2.85. The van der Waals surface area contributed by atoms with E-state index in [1.165, 1.54) is 0 Å². The van der Waals surface area contributed by atoms with Gasteiger partial charge in [0.25, 0.3) is 0 Å². The lowest BCUT2D eigenvalue weighted by atomic mass is 9.86. The van der Waals surface area contributed by atoms with E-state index in [-0.39, 0.29) is 17.9 Å². The molecule has 17 heavy (non-hydrogen) atoms. The smallest absolute Gasteiger partial charge is 0.229 e. The Balaban J connectivity index is 1.86. The van der Waals surface area contributed by atoms with Gasteiger partial charge in [0.15, 0.2) is 0 Å². The molecule has 0 spiro atoms. The van der Waals surface area contributed by atoms with Crippen LogP contribution in [0.25, 0.3) is 0 Å². The van der Waals surface area contributed by atoms with Crippen LogP contribution >= 0.6 is 0 Å². The van der Waals surface area contributed by atoms with Crippen molar-refractivity contribution in [3.8, 4) is 0 Å². The molecule has 0 aliphatic carbocycles. The lowest BCUT2D eigenvalue weighted by Crippen LogP contribution is -2.47. The average molecular weight is 240 g/mol. The average Bonchev–Trinajstić information content (AvgIpc) is 2.74. The van der Waals surface area contributed by atoms with Crippen LogP contribution in [0.3, 0.4) is 0 Å². The first-order valence-corrected chi connectivity index (χ1v) is 6.71. The summed E-state index contributed by atoms with van der Waals surface area (Å²) in [7, 11) is 0. The van der Waals surface area contributed by atoms with Crippen molar-refractivity contribution >= 4 is 5.91 Å². The number of ether oxygens (including phenoxy) is 1. The maximum atomic E-state index is 12.3. The van der Waals surface area contributed by atoms with Crippen molar-refractivity contribution in [3.63, 3.8) is 0 Å². The fourth-order valence-corrected chi connectivity index (χ4v) is 2.85. The quantitative estimate of drug-likeness (QED) is 0.778. The normalized spacial score (nSPS) is 31.2. The van der Waals surface area contributed by atoms with Crippen LogP contribution in [0.15, 0.2) is 0 Å². The molecular weight excluding hydrogens is 216 g/mol. The summed E-state index contributed by atoms with van der Waals surface area (Å²) in [5, 5.41) is 0. The molecule has 0 saturated carbocycles. The Morgan fingerprint density at radius 3 is 2.41 bits per heavy atom. The summed E-state index contributed by atoms with van der Waals surface area (Å²) in [6.07, 6.45) is 2.26. The number of hydrogen-bond acceptors (Lipinski definition) is 3. The maximum absolute atomic E-state index is 12.3. The van der Waals surface area contributed by atoms with Crippen LogP contribution in [0.5, 0.6) is 0 Å². The number of nitrogens with two attached hydrogens (primary N) is 1. The molecule has 0 bridgehead atoms. The van der Waals surface area contributed by atoms with Gasteiger partial charge in [0, 0.05) is 19.1 Å². The summed E-state index contributed by atoms with van der Waals surface area (Å²) in [5.74, 6) is 1.60. The largest absolute Gasteiger partial charge is 0.379 e. The molecule has 98 valence electrons. The predicted octanol–water partition coefficient (Wildman–Crippen LogP) is 0.855. The molecule has 2 aliphatic heterocycles. The highest BCUT2D eigenvalue weighted by Crippen LogP contribution is 2.26. The minimum Gasteiger partial charge on any atom is -0.379 e. The second-order valence-corrected chi connectivity index (χ2v) is 5.71. The number of hydrogen-bond donors (Lipinski definition) is 1. The van der Waals surface area contributed by atoms with Crippen LogP contribution in [0.4, 0.5) is 0 Å². The van der Waals surface area contributed by atoms with Gasteiger partial charge in [-0.1, -0.05) is 13.8 Å². The highest BCUT2D eigenvalue weighted by molar-refractivity contribution is 5.80. The topological polar surface area (TPSA) is 55.6 Å². The zero-order valence-electron chi connectivity index (χ0n) is 10.9. The van der Waals surface area contributed by atoms with Gasteiger partial charge >= 0.3 is 0 Å². The van der Waals surface area contributed by atoms with E-state index in [0.717, 1.165) is 37.8 Å². The summed E-state index contributed by atoms with van der Waals surface area (Å²) in [4.78, 5) is 14.2. The van der Waals surface area contributed by atoms with Gasteiger partial charge in [-0.2, -0.15) is 0 Å². The fraction of sp³-hybridized carbons (Fsp3) is 0.923. The van der Waals surface area contributed by atoms with Crippen molar-refractivity contribution in [1.29, 1.82) is 0 Å². The standard InChI is InChI=1S/C13H24N2O2/c1-9(2)10-3-5-15(6-4-10)13(16)11-7-17-8-12(11)14/h9-12H,3-8,14H2,1-2H3. The number of carbonyl (C=O) groups is 1. The highest BCUT2D eigenvalue weighted by Gasteiger charge is 2.35. The summed E-state index contributed by atoms with van der Waals surface area (Å²) in [5.41, 5.74) is 5.89. The number of piperidine rings is 1. The zero-order valence-corrected chi connectivity index (χ0v) is 10.9. The Morgan fingerprint density at radius 1 is 1.29 bits per heavy atom. The number of likely N-dealkylation sites (tertiary alicyclic amines) is 1. The van der Waals surface area contributed by atoms with Crippen molar-refractivity contribution in [2.75, 3.05) is 26.3 Å². The number of rotatable bonds is 2. The molecule has 2 aliphatic rings. The van der Waals surface area contributed by atoms with Crippen LogP contribution in [0.2, 0.25) is 0 Å². The van der Waals surface area contributed by atoms with Gasteiger partial charge in [0.1, 0.15) is 0 Å². The van der Waals surface area contributed by atoms with Crippen LogP contribution < -0.4 is 5.73 Å². The predicted molar refractivity (Wildman–Crippen MR) is 66.4 cm³/mol. The summed E-state index contributed by atoms with van der Waals surface area (Å²) in [6, 6.07) is -0.106.